The van der Waals surface area contributed by atoms with Gasteiger partial charge < -0.3 is 14.2 Å². The summed E-state index contributed by atoms with van der Waals surface area (Å²) in [6.45, 7) is 1.21. The topological polar surface area (TPSA) is 64.4 Å². The van der Waals surface area contributed by atoms with Crippen molar-refractivity contribution in [2.45, 2.75) is 0 Å². The molecule has 5 nitrogen and oxygen atoms in total. The molecule has 0 amide bonds. The lowest BCUT2D eigenvalue weighted by Gasteiger charge is -2.06. The van der Waals surface area contributed by atoms with Crippen LogP contribution in [-0.2, 0) is 9.47 Å². The Kier molecular flexibility index (Phi) is 8.77. The molecular formula is C14H17FN2O3. The van der Waals surface area contributed by atoms with E-state index in [0.29, 0.717) is 32.3 Å². The maximum atomic E-state index is 11.7. The number of hydrogen-bond acceptors (Lipinski definition) is 5. The van der Waals surface area contributed by atoms with Gasteiger partial charge in [0, 0.05) is 18.3 Å². The number of aromatic nitrogens is 1. The number of alkyl halides is 1. The monoisotopic (exact) mass is 279 g/mol. The Hall–Kier alpha value is -1.97. The summed E-state index contributed by atoms with van der Waals surface area (Å²) in [5.74, 6) is 0.497. The third kappa shape index (κ3) is 7.46. The minimum Gasteiger partial charge on any atom is -0.475 e. The molecule has 0 aliphatic rings. The van der Waals surface area contributed by atoms with E-state index < -0.39 is 6.67 Å². The summed E-state index contributed by atoms with van der Waals surface area (Å²) < 4.78 is 27.2. The van der Waals surface area contributed by atoms with Crippen LogP contribution in [0.1, 0.15) is 5.56 Å². The van der Waals surface area contributed by atoms with Crippen LogP contribution in [0.3, 0.4) is 0 Å². The highest BCUT2D eigenvalue weighted by atomic mass is 18.2. The van der Waals surface area contributed by atoms with Gasteiger partial charge in [0.2, 0.25) is 5.88 Å². The number of nitrogens with zero attached hydrogens (tertiary/aromatic N) is 2. The second kappa shape index (κ2) is 10.9. The van der Waals surface area contributed by atoms with E-state index in [-0.39, 0.29) is 6.61 Å². The van der Waals surface area contributed by atoms with E-state index in [2.05, 4.69) is 4.98 Å². The minimum atomic E-state index is -0.478. The van der Waals surface area contributed by atoms with Crippen molar-refractivity contribution in [1.82, 2.24) is 4.98 Å². The predicted octanol–water partition coefficient (Wildman–Crippen LogP) is 2.00. The Bertz CT molecular complexity index is 429. The smallest absolute Gasteiger partial charge is 0.213 e. The van der Waals surface area contributed by atoms with Crippen molar-refractivity contribution in [3.05, 3.63) is 30.0 Å². The lowest BCUT2D eigenvalue weighted by atomic mass is 10.2. The molecule has 0 aliphatic heterocycles. The zero-order valence-corrected chi connectivity index (χ0v) is 11.1. The van der Waals surface area contributed by atoms with Gasteiger partial charge in [-0.1, -0.05) is 0 Å². The van der Waals surface area contributed by atoms with E-state index in [1.165, 1.54) is 6.08 Å². The van der Waals surface area contributed by atoms with Crippen molar-refractivity contribution in [3.8, 4) is 11.9 Å². The van der Waals surface area contributed by atoms with Crippen LogP contribution in [0.15, 0.2) is 24.4 Å². The van der Waals surface area contributed by atoms with E-state index in [1.807, 2.05) is 12.1 Å². The lowest BCUT2D eigenvalue weighted by Crippen LogP contribution is -2.11. The standard InChI is InChI=1S/C14H17FN2O3/c15-5-7-18-8-9-19-10-11-20-14-4-3-13(12-17-14)2-1-6-16/h1-4,12H,5,7-11H2/b2-1+/i15-1. The Morgan fingerprint density at radius 1 is 1.15 bits per heavy atom. The summed E-state index contributed by atoms with van der Waals surface area (Å²) in [5, 5.41) is 8.39. The number of ether oxygens (including phenoxy) is 3. The highest BCUT2D eigenvalue weighted by Crippen LogP contribution is 2.08. The highest BCUT2D eigenvalue weighted by Gasteiger charge is 1.96. The van der Waals surface area contributed by atoms with Crippen LogP contribution in [0.25, 0.3) is 6.08 Å². The highest BCUT2D eigenvalue weighted by molar-refractivity contribution is 5.50. The quantitative estimate of drug-likeness (QED) is 0.484. The molecule has 0 atom stereocenters. The molecule has 0 spiro atoms. The van der Waals surface area contributed by atoms with Crippen LogP contribution in [-0.4, -0.2) is 44.7 Å². The summed E-state index contributed by atoms with van der Waals surface area (Å²) in [4.78, 5) is 4.09. The summed E-state index contributed by atoms with van der Waals surface area (Å²) in [6.07, 6.45) is 4.67. The van der Waals surface area contributed by atoms with Crippen molar-refractivity contribution in [2.75, 3.05) is 39.7 Å². The average molecular weight is 279 g/mol. The molecule has 0 radical (unpaired) electrons. The molecule has 1 heterocycles. The molecule has 0 bridgehead atoms. The number of halogens is 1. The van der Waals surface area contributed by atoms with Gasteiger partial charge in [0.25, 0.3) is 0 Å². The van der Waals surface area contributed by atoms with Gasteiger partial charge in [-0.3, -0.25) is 0 Å². The van der Waals surface area contributed by atoms with E-state index in [1.54, 1.807) is 18.3 Å². The van der Waals surface area contributed by atoms with Gasteiger partial charge in [-0.25, -0.2) is 9.37 Å². The summed E-state index contributed by atoms with van der Waals surface area (Å²) >= 11 is 0. The summed E-state index contributed by atoms with van der Waals surface area (Å²) in [6, 6.07) is 5.44. The third-order valence-corrected chi connectivity index (χ3v) is 2.18. The van der Waals surface area contributed by atoms with Crippen LogP contribution >= 0.6 is 0 Å². The van der Waals surface area contributed by atoms with Crippen molar-refractivity contribution in [2.24, 2.45) is 0 Å². The van der Waals surface area contributed by atoms with Crippen LogP contribution in [0.4, 0.5) is 4.39 Å². The molecule has 0 saturated heterocycles. The Morgan fingerprint density at radius 2 is 1.90 bits per heavy atom. The first kappa shape index (κ1) is 16.1. The number of hydrogen-bond donors (Lipinski definition) is 0. The molecule has 0 unspecified atom stereocenters. The molecule has 108 valence electrons. The zero-order valence-electron chi connectivity index (χ0n) is 11.1. The fraction of sp³-hybridized carbons (Fsp3) is 0.429. The van der Waals surface area contributed by atoms with Crippen molar-refractivity contribution in [3.63, 3.8) is 0 Å². The molecule has 1 aromatic rings. The first-order valence-electron chi connectivity index (χ1n) is 6.23. The largest absolute Gasteiger partial charge is 0.475 e. The maximum absolute atomic E-state index is 11.7. The molecule has 6 heteroatoms. The number of allylic oxidation sites excluding steroid dienone is 1. The Balaban J connectivity index is 2.10. The Labute approximate surface area is 117 Å². The van der Waals surface area contributed by atoms with Crippen molar-refractivity contribution < 1.29 is 18.6 Å². The van der Waals surface area contributed by atoms with Crippen LogP contribution < -0.4 is 4.74 Å². The molecule has 0 saturated carbocycles. The fourth-order valence-electron chi connectivity index (χ4n) is 1.29. The number of pyridine rings is 1. The molecular weight excluding hydrogens is 262 g/mol. The Morgan fingerprint density at radius 3 is 2.55 bits per heavy atom. The number of rotatable bonds is 10. The number of nitriles is 1. The lowest BCUT2D eigenvalue weighted by molar-refractivity contribution is 0.0320. The van der Waals surface area contributed by atoms with Gasteiger partial charge in [-0.05, 0) is 17.7 Å². The van der Waals surface area contributed by atoms with Gasteiger partial charge in [0.15, 0.2) is 0 Å². The van der Waals surface area contributed by atoms with E-state index in [4.69, 9.17) is 19.5 Å². The average Bonchev–Trinajstić information content (AvgIpc) is 2.49. The van der Waals surface area contributed by atoms with E-state index >= 15 is 0 Å². The second-order valence-corrected chi connectivity index (χ2v) is 3.65. The van der Waals surface area contributed by atoms with Crippen LogP contribution in [0.5, 0.6) is 5.88 Å². The van der Waals surface area contributed by atoms with Gasteiger partial charge in [0.1, 0.15) is 13.3 Å². The SMILES string of the molecule is N#C/C=C/c1ccc(OCCOCCOCC[18F])nc1. The maximum Gasteiger partial charge on any atom is 0.213 e. The van der Waals surface area contributed by atoms with E-state index in [0.717, 1.165) is 5.56 Å². The molecule has 0 aliphatic carbocycles. The van der Waals surface area contributed by atoms with Crippen LogP contribution in [0, 0.1) is 11.3 Å². The zero-order chi connectivity index (χ0) is 14.5. The predicted molar refractivity (Wildman–Crippen MR) is 72.0 cm³/mol. The van der Waals surface area contributed by atoms with E-state index in [9.17, 15) is 4.39 Å². The van der Waals surface area contributed by atoms with Crippen LogP contribution in [0.2, 0.25) is 0 Å². The first-order valence-corrected chi connectivity index (χ1v) is 6.23. The third-order valence-electron chi connectivity index (χ3n) is 2.18. The molecule has 20 heavy (non-hydrogen) atoms. The molecule has 0 fully saturated rings. The van der Waals surface area contributed by atoms with Crippen molar-refractivity contribution >= 4 is 6.08 Å². The molecule has 1 rings (SSSR count). The summed E-state index contributed by atoms with van der Waals surface area (Å²) in [5.41, 5.74) is 0.833. The summed E-state index contributed by atoms with van der Waals surface area (Å²) in [7, 11) is 0. The fourth-order valence-corrected chi connectivity index (χ4v) is 1.29. The normalized spacial score (nSPS) is 10.6. The van der Waals surface area contributed by atoms with Crippen molar-refractivity contribution in [1.29, 1.82) is 5.26 Å². The molecule has 1 aromatic heterocycles. The molecule has 0 aromatic carbocycles. The van der Waals surface area contributed by atoms with Gasteiger partial charge >= 0.3 is 0 Å². The van der Waals surface area contributed by atoms with Gasteiger partial charge in [-0.15, -0.1) is 0 Å². The van der Waals surface area contributed by atoms with Gasteiger partial charge in [0.05, 0.1) is 32.5 Å². The molecule has 0 N–H and O–H groups in total. The second-order valence-electron chi connectivity index (χ2n) is 3.65. The first-order chi connectivity index (χ1) is 9.86. The minimum absolute atomic E-state index is 0.108. The van der Waals surface area contributed by atoms with Gasteiger partial charge in [-0.2, -0.15) is 5.26 Å².